The van der Waals surface area contributed by atoms with Gasteiger partial charge in [0.05, 0.1) is 17.8 Å². The Balaban J connectivity index is 1.40. The molecule has 218 valence electrons. The van der Waals surface area contributed by atoms with Gasteiger partial charge < -0.3 is 19.7 Å². The third-order valence-electron chi connectivity index (χ3n) is 7.59. The molecule has 0 saturated carbocycles. The number of hydrogen-bond acceptors (Lipinski definition) is 10. The second-order valence-corrected chi connectivity index (χ2v) is 11.6. The van der Waals surface area contributed by atoms with Crippen LogP contribution in [-0.4, -0.2) is 96.7 Å². The molecule has 1 atom stereocenters. The number of nitrogens with zero attached hydrogens (tertiary/aromatic N) is 6. The Labute approximate surface area is 244 Å². The largest absolute Gasteiger partial charge is 0.380 e. The minimum atomic E-state index is -0.757. The Morgan fingerprint density at radius 1 is 1.27 bits per heavy atom. The first kappa shape index (κ1) is 29.1. The van der Waals surface area contributed by atoms with E-state index in [2.05, 4.69) is 21.7 Å². The lowest BCUT2D eigenvalue weighted by Gasteiger charge is -2.34. The summed E-state index contributed by atoms with van der Waals surface area (Å²) in [6.45, 7) is 2.67. The Hall–Kier alpha value is -3.44. The number of ether oxygens (including phenoxy) is 2. The van der Waals surface area contributed by atoms with Crippen LogP contribution in [0.15, 0.2) is 18.3 Å². The molecule has 0 bridgehead atoms. The molecule has 12 nitrogen and oxygen atoms in total. The molecule has 2 fully saturated rings. The lowest BCUT2D eigenvalue weighted by Crippen LogP contribution is -2.48. The van der Waals surface area contributed by atoms with Crippen LogP contribution in [0.4, 0.5) is 22.1 Å². The SMILES string of the molecule is COC(OC)c1nc2c(cc1CN1CCN(C)CC1=O)CCCN2C(=O)Nc1cc(NC2CCSC2)c(C#N)cn1. The molecule has 2 aromatic rings. The number of rotatable bonds is 8. The number of fused-ring (bicyclic) bond motifs is 1. The number of hydrogen-bond donors (Lipinski definition) is 2. The number of urea groups is 1. The summed E-state index contributed by atoms with van der Waals surface area (Å²) in [5.41, 5.74) is 3.40. The minimum absolute atomic E-state index is 0.0604. The Kier molecular flexibility index (Phi) is 9.24. The molecule has 2 saturated heterocycles. The van der Waals surface area contributed by atoms with E-state index in [4.69, 9.17) is 14.5 Å². The Morgan fingerprint density at radius 2 is 2.10 bits per heavy atom. The molecule has 0 spiro atoms. The molecule has 2 aromatic heterocycles. The van der Waals surface area contributed by atoms with Crippen molar-refractivity contribution in [3.63, 3.8) is 0 Å². The van der Waals surface area contributed by atoms with Crippen molar-refractivity contribution in [2.45, 2.75) is 38.1 Å². The number of carbonyl (C=O) groups excluding carboxylic acids is 2. The van der Waals surface area contributed by atoms with Crippen molar-refractivity contribution in [2.24, 2.45) is 0 Å². The number of thioether (sulfide) groups is 1. The van der Waals surface area contributed by atoms with E-state index >= 15 is 0 Å². The van der Waals surface area contributed by atoms with Crippen LogP contribution in [0.5, 0.6) is 0 Å². The molecule has 3 amide bonds. The molecule has 41 heavy (non-hydrogen) atoms. The minimum Gasteiger partial charge on any atom is -0.380 e. The number of piperazine rings is 1. The zero-order chi connectivity index (χ0) is 28.9. The van der Waals surface area contributed by atoms with Crippen molar-refractivity contribution in [3.8, 4) is 6.07 Å². The third-order valence-corrected chi connectivity index (χ3v) is 8.75. The molecule has 1 unspecified atom stereocenters. The van der Waals surface area contributed by atoms with Gasteiger partial charge >= 0.3 is 6.03 Å². The predicted molar refractivity (Wildman–Crippen MR) is 157 cm³/mol. The number of nitriles is 1. The Morgan fingerprint density at radius 3 is 2.80 bits per heavy atom. The second kappa shape index (κ2) is 13.0. The van der Waals surface area contributed by atoms with E-state index < -0.39 is 6.29 Å². The highest BCUT2D eigenvalue weighted by Gasteiger charge is 2.30. The number of methoxy groups -OCH3 is 2. The van der Waals surface area contributed by atoms with Crippen LogP contribution in [0.3, 0.4) is 0 Å². The number of amides is 3. The molecule has 0 aliphatic carbocycles. The lowest BCUT2D eigenvalue weighted by molar-refractivity contribution is -0.136. The molecular formula is C28H36N8O4S. The average molecular weight is 581 g/mol. The summed E-state index contributed by atoms with van der Waals surface area (Å²) < 4.78 is 11.1. The first-order valence-corrected chi connectivity index (χ1v) is 14.9. The van der Waals surface area contributed by atoms with E-state index in [1.807, 2.05) is 34.7 Å². The fourth-order valence-corrected chi connectivity index (χ4v) is 6.53. The van der Waals surface area contributed by atoms with Crippen LogP contribution < -0.4 is 15.5 Å². The van der Waals surface area contributed by atoms with E-state index in [1.165, 1.54) is 20.4 Å². The van der Waals surface area contributed by atoms with Gasteiger partial charge in [-0.25, -0.2) is 14.8 Å². The summed E-state index contributed by atoms with van der Waals surface area (Å²) >= 11 is 1.88. The molecule has 0 aromatic carbocycles. The van der Waals surface area contributed by atoms with Gasteiger partial charge in [0.15, 0.2) is 0 Å². The highest BCUT2D eigenvalue weighted by molar-refractivity contribution is 7.99. The number of likely N-dealkylation sites (N-methyl/N-ethyl adjacent to an activating group) is 1. The van der Waals surface area contributed by atoms with E-state index in [-0.39, 0.29) is 18.0 Å². The zero-order valence-electron chi connectivity index (χ0n) is 23.7. The predicted octanol–water partition coefficient (Wildman–Crippen LogP) is 2.82. The zero-order valence-corrected chi connectivity index (χ0v) is 24.5. The highest BCUT2D eigenvalue weighted by atomic mass is 32.2. The van der Waals surface area contributed by atoms with E-state index in [0.717, 1.165) is 48.4 Å². The molecule has 2 N–H and O–H groups in total. The van der Waals surface area contributed by atoms with Gasteiger partial charge in [0, 0.05) is 64.5 Å². The Bertz CT molecular complexity index is 1320. The summed E-state index contributed by atoms with van der Waals surface area (Å²) in [7, 11) is 5.01. The van der Waals surface area contributed by atoms with Crippen LogP contribution in [0, 0.1) is 11.3 Å². The molecule has 3 aliphatic heterocycles. The van der Waals surface area contributed by atoms with E-state index in [1.54, 1.807) is 11.0 Å². The van der Waals surface area contributed by atoms with Gasteiger partial charge in [0.25, 0.3) is 0 Å². The van der Waals surface area contributed by atoms with Crippen molar-refractivity contribution >= 4 is 41.0 Å². The van der Waals surface area contributed by atoms with Gasteiger partial charge in [0.1, 0.15) is 23.4 Å². The van der Waals surface area contributed by atoms with Crippen molar-refractivity contribution < 1.29 is 19.1 Å². The molecule has 0 radical (unpaired) electrons. The van der Waals surface area contributed by atoms with Crippen LogP contribution in [0.25, 0.3) is 0 Å². The monoisotopic (exact) mass is 580 g/mol. The molecule has 5 rings (SSSR count). The van der Waals surface area contributed by atoms with Gasteiger partial charge in [-0.1, -0.05) is 0 Å². The van der Waals surface area contributed by atoms with E-state index in [0.29, 0.717) is 54.8 Å². The van der Waals surface area contributed by atoms with Crippen molar-refractivity contribution in [1.82, 2.24) is 19.8 Å². The van der Waals surface area contributed by atoms with Crippen LogP contribution in [0.2, 0.25) is 0 Å². The van der Waals surface area contributed by atoms with Crippen molar-refractivity contribution in [1.29, 1.82) is 5.26 Å². The van der Waals surface area contributed by atoms with Crippen LogP contribution in [-0.2, 0) is 27.2 Å². The maximum absolute atomic E-state index is 13.6. The van der Waals surface area contributed by atoms with Crippen molar-refractivity contribution in [3.05, 3.63) is 40.7 Å². The molecule has 5 heterocycles. The maximum Gasteiger partial charge on any atom is 0.328 e. The van der Waals surface area contributed by atoms with E-state index in [9.17, 15) is 14.9 Å². The van der Waals surface area contributed by atoms with Gasteiger partial charge in [-0.2, -0.15) is 17.0 Å². The number of aromatic nitrogens is 2. The summed E-state index contributed by atoms with van der Waals surface area (Å²) in [6.07, 6.45) is 3.26. The highest BCUT2D eigenvalue weighted by Crippen LogP contribution is 2.32. The van der Waals surface area contributed by atoms with Crippen LogP contribution >= 0.6 is 11.8 Å². The first-order valence-electron chi connectivity index (χ1n) is 13.8. The maximum atomic E-state index is 13.6. The van der Waals surface area contributed by atoms with Gasteiger partial charge in [-0.05, 0) is 49.3 Å². The standard InChI is InChI=1S/C28H36N8O4S/c1-34-8-9-35(24(37)16-34)15-19-11-18-5-4-7-36(26(18)33-25(19)27(39-2)40-3)28(38)32-23-12-22(20(13-29)14-30-23)31-21-6-10-41-17-21/h11-12,14,21,27H,4-10,15-17H2,1-3H3,(H2,30,31,32,38). The number of carbonyl (C=O) groups is 2. The summed E-state index contributed by atoms with van der Waals surface area (Å²) in [5.74, 6) is 3.00. The van der Waals surface area contributed by atoms with Crippen LogP contribution in [0.1, 0.15) is 41.5 Å². The summed E-state index contributed by atoms with van der Waals surface area (Å²) in [6, 6.07) is 5.83. The number of aryl methyl sites for hydroxylation is 1. The van der Waals surface area contributed by atoms with Gasteiger partial charge in [0.2, 0.25) is 12.2 Å². The van der Waals surface area contributed by atoms with Crippen molar-refractivity contribution in [2.75, 3.05) is 74.5 Å². The lowest BCUT2D eigenvalue weighted by atomic mass is 10.0. The molecule has 13 heteroatoms. The van der Waals surface area contributed by atoms with Gasteiger partial charge in [-0.15, -0.1) is 0 Å². The number of nitrogens with one attached hydrogen (secondary N) is 2. The number of pyridine rings is 2. The molecular weight excluding hydrogens is 544 g/mol. The fourth-order valence-electron chi connectivity index (χ4n) is 5.38. The second-order valence-electron chi connectivity index (χ2n) is 10.5. The quantitative estimate of drug-likeness (QED) is 0.449. The first-order chi connectivity index (χ1) is 19.9. The summed E-state index contributed by atoms with van der Waals surface area (Å²) in [5, 5.41) is 15.9. The smallest absolute Gasteiger partial charge is 0.328 e. The number of anilines is 3. The third kappa shape index (κ3) is 6.56. The topological polar surface area (TPSA) is 136 Å². The normalized spacial score (nSPS) is 19.3. The summed E-state index contributed by atoms with van der Waals surface area (Å²) in [4.78, 5) is 40.9. The fraction of sp³-hybridized carbons (Fsp3) is 0.536. The molecule has 3 aliphatic rings. The van der Waals surface area contributed by atoms with Gasteiger partial charge in [-0.3, -0.25) is 19.9 Å². The average Bonchev–Trinajstić information content (AvgIpc) is 3.48.